The number of nitrogens with zero attached hydrogens (tertiary/aromatic N) is 1. The van der Waals surface area contributed by atoms with Crippen LogP contribution in [-0.4, -0.2) is 12.6 Å². The van der Waals surface area contributed by atoms with Gasteiger partial charge in [-0.15, -0.1) is 6.58 Å². The van der Waals surface area contributed by atoms with E-state index in [0.717, 1.165) is 12.6 Å². The molecule has 1 saturated carbocycles. The summed E-state index contributed by atoms with van der Waals surface area (Å²) < 4.78 is 0. The van der Waals surface area contributed by atoms with Gasteiger partial charge < -0.3 is 10.6 Å². The van der Waals surface area contributed by atoms with E-state index in [0.29, 0.717) is 0 Å². The summed E-state index contributed by atoms with van der Waals surface area (Å²) in [6.45, 7) is 6.76. The Balaban J connectivity index is 2.14. The first-order valence-electron chi connectivity index (χ1n) is 5.95. The van der Waals surface area contributed by atoms with Crippen molar-refractivity contribution in [2.24, 2.45) is 5.73 Å². The van der Waals surface area contributed by atoms with Gasteiger partial charge in [-0.1, -0.05) is 18.2 Å². The maximum Gasteiger partial charge on any atom is 0.0371 e. The summed E-state index contributed by atoms with van der Waals surface area (Å²) in [5.74, 6) is 0. The molecule has 0 spiro atoms. The molecule has 0 bridgehead atoms. The van der Waals surface area contributed by atoms with Gasteiger partial charge in [0.1, 0.15) is 0 Å². The maximum absolute atomic E-state index is 5.84. The summed E-state index contributed by atoms with van der Waals surface area (Å²) in [5, 5.41) is 0. The van der Waals surface area contributed by atoms with Crippen molar-refractivity contribution in [3.63, 3.8) is 0 Å². The predicted molar refractivity (Wildman–Crippen MR) is 69.6 cm³/mol. The summed E-state index contributed by atoms with van der Waals surface area (Å²) in [4.78, 5) is 2.41. The highest BCUT2D eigenvalue weighted by molar-refractivity contribution is 5.50. The van der Waals surface area contributed by atoms with Crippen LogP contribution in [0.3, 0.4) is 0 Å². The van der Waals surface area contributed by atoms with Gasteiger partial charge >= 0.3 is 0 Å². The lowest BCUT2D eigenvalue weighted by Crippen LogP contribution is -2.25. The molecule has 1 atom stereocenters. The van der Waals surface area contributed by atoms with Crippen molar-refractivity contribution in [2.45, 2.75) is 31.8 Å². The summed E-state index contributed by atoms with van der Waals surface area (Å²) in [7, 11) is 0. The molecule has 2 N–H and O–H groups in total. The molecule has 86 valence electrons. The van der Waals surface area contributed by atoms with Crippen LogP contribution in [0, 0.1) is 0 Å². The van der Waals surface area contributed by atoms with Crippen LogP contribution in [0.2, 0.25) is 0 Å². The molecule has 0 unspecified atom stereocenters. The maximum atomic E-state index is 5.84. The van der Waals surface area contributed by atoms with Gasteiger partial charge in [0.2, 0.25) is 0 Å². The highest BCUT2D eigenvalue weighted by Gasteiger charge is 2.28. The van der Waals surface area contributed by atoms with Gasteiger partial charge in [-0.05, 0) is 37.5 Å². The molecule has 0 aromatic heterocycles. The molecule has 1 fully saturated rings. The van der Waals surface area contributed by atoms with Crippen molar-refractivity contribution in [2.75, 3.05) is 11.4 Å². The first-order valence-corrected chi connectivity index (χ1v) is 5.95. The molecule has 1 aromatic rings. The number of nitrogens with two attached hydrogens (primary N) is 1. The van der Waals surface area contributed by atoms with E-state index in [1.54, 1.807) is 0 Å². The Hall–Kier alpha value is -1.28. The van der Waals surface area contributed by atoms with E-state index >= 15 is 0 Å². The smallest absolute Gasteiger partial charge is 0.0371 e. The number of rotatable bonds is 5. The molecule has 1 aliphatic rings. The fourth-order valence-electron chi connectivity index (χ4n) is 1.96. The highest BCUT2D eigenvalue weighted by atomic mass is 15.2. The molecular formula is C14H20N2. The second kappa shape index (κ2) is 4.71. The van der Waals surface area contributed by atoms with E-state index in [2.05, 4.69) is 35.7 Å². The SMILES string of the molecule is C=CCN(c1ccc([C@@H](C)N)cc1)C1CC1. The lowest BCUT2D eigenvalue weighted by atomic mass is 10.1. The third kappa shape index (κ3) is 2.45. The minimum absolute atomic E-state index is 0.114. The molecule has 0 saturated heterocycles. The molecule has 1 aliphatic carbocycles. The van der Waals surface area contributed by atoms with Gasteiger partial charge in [-0.25, -0.2) is 0 Å². The van der Waals surface area contributed by atoms with E-state index < -0.39 is 0 Å². The van der Waals surface area contributed by atoms with E-state index in [1.165, 1.54) is 24.1 Å². The first kappa shape index (κ1) is 11.2. The Morgan fingerprint density at radius 3 is 2.50 bits per heavy atom. The quantitative estimate of drug-likeness (QED) is 0.767. The molecule has 0 radical (unpaired) electrons. The van der Waals surface area contributed by atoms with Crippen LogP contribution >= 0.6 is 0 Å². The predicted octanol–water partition coefficient (Wildman–Crippen LogP) is 2.86. The van der Waals surface area contributed by atoms with E-state index in [-0.39, 0.29) is 6.04 Å². The Labute approximate surface area is 97.8 Å². The minimum Gasteiger partial charge on any atom is -0.365 e. The summed E-state index contributed by atoms with van der Waals surface area (Å²) in [6.07, 6.45) is 4.59. The first-order chi connectivity index (χ1) is 7.72. The second-order valence-corrected chi connectivity index (χ2v) is 4.55. The fourth-order valence-corrected chi connectivity index (χ4v) is 1.96. The number of hydrogen-bond acceptors (Lipinski definition) is 2. The molecule has 2 heteroatoms. The normalized spacial score (nSPS) is 16.9. The topological polar surface area (TPSA) is 29.3 Å². The summed E-state index contributed by atoms with van der Waals surface area (Å²) in [5.41, 5.74) is 8.32. The number of anilines is 1. The van der Waals surface area contributed by atoms with Crippen molar-refractivity contribution < 1.29 is 0 Å². The van der Waals surface area contributed by atoms with E-state index in [1.807, 2.05) is 13.0 Å². The Bertz CT molecular complexity index is 350. The average Bonchev–Trinajstić information content (AvgIpc) is 3.10. The standard InChI is InChI=1S/C14H20N2/c1-3-10-16(14-8-9-14)13-6-4-12(5-7-13)11(2)15/h3-7,11,14H,1,8-10,15H2,2H3/t11-/m1/s1. The highest BCUT2D eigenvalue weighted by Crippen LogP contribution is 2.31. The molecule has 2 rings (SSSR count). The van der Waals surface area contributed by atoms with Crippen molar-refractivity contribution in [3.8, 4) is 0 Å². The lowest BCUT2D eigenvalue weighted by molar-refractivity contribution is 0.815. The molecule has 0 heterocycles. The zero-order chi connectivity index (χ0) is 11.5. The van der Waals surface area contributed by atoms with Crippen molar-refractivity contribution in [1.29, 1.82) is 0 Å². The van der Waals surface area contributed by atoms with Gasteiger partial charge in [0.15, 0.2) is 0 Å². The van der Waals surface area contributed by atoms with Gasteiger partial charge in [0.05, 0.1) is 0 Å². The third-order valence-electron chi connectivity index (χ3n) is 3.06. The average molecular weight is 216 g/mol. The van der Waals surface area contributed by atoms with Crippen LogP contribution in [0.1, 0.15) is 31.4 Å². The molecule has 0 aliphatic heterocycles. The molecule has 1 aromatic carbocycles. The van der Waals surface area contributed by atoms with Crippen LogP contribution in [0.15, 0.2) is 36.9 Å². The lowest BCUT2D eigenvalue weighted by Gasteiger charge is -2.23. The zero-order valence-electron chi connectivity index (χ0n) is 9.89. The number of hydrogen-bond donors (Lipinski definition) is 1. The minimum atomic E-state index is 0.114. The second-order valence-electron chi connectivity index (χ2n) is 4.55. The van der Waals surface area contributed by atoms with Crippen LogP contribution in [0.25, 0.3) is 0 Å². The van der Waals surface area contributed by atoms with Crippen molar-refractivity contribution >= 4 is 5.69 Å². The van der Waals surface area contributed by atoms with Crippen LogP contribution in [0.5, 0.6) is 0 Å². The van der Waals surface area contributed by atoms with Gasteiger partial charge in [-0.2, -0.15) is 0 Å². The molecule has 16 heavy (non-hydrogen) atoms. The van der Waals surface area contributed by atoms with Crippen LogP contribution in [-0.2, 0) is 0 Å². The van der Waals surface area contributed by atoms with E-state index in [4.69, 9.17) is 5.73 Å². The molecular weight excluding hydrogens is 196 g/mol. The number of benzene rings is 1. The zero-order valence-corrected chi connectivity index (χ0v) is 9.89. The molecule has 0 amide bonds. The van der Waals surface area contributed by atoms with Crippen molar-refractivity contribution in [1.82, 2.24) is 0 Å². The van der Waals surface area contributed by atoms with Crippen LogP contribution < -0.4 is 10.6 Å². The third-order valence-corrected chi connectivity index (χ3v) is 3.06. The largest absolute Gasteiger partial charge is 0.365 e. The van der Waals surface area contributed by atoms with Crippen molar-refractivity contribution in [3.05, 3.63) is 42.5 Å². The van der Waals surface area contributed by atoms with Crippen LogP contribution in [0.4, 0.5) is 5.69 Å². The molecule has 2 nitrogen and oxygen atoms in total. The monoisotopic (exact) mass is 216 g/mol. The summed E-state index contributed by atoms with van der Waals surface area (Å²) >= 11 is 0. The Kier molecular flexibility index (Phi) is 3.30. The van der Waals surface area contributed by atoms with Gasteiger partial charge in [0, 0.05) is 24.3 Å². The van der Waals surface area contributed by atoms with Gasteiger partial charge in [0.25, 0.3) is 0 Å². The summed E-state index contributed by atoms with van der Waals surface area (Å²) in [6, 6.07) is 9.42. The Morgan fingerprint density at radius 2 is 2.06 bits per heavy atom. The fraction of sp³-hybridized carbons (Fsp3) is 0.429. The van der Waals surface area contributed by atoms with E-state index in [9.17, 15) is 0 Å². The van der Waals surface area contributed by atoms with Gasteiger partial charge in [-0.3, -0.25) is 0 Å². The Morgan fingerprint density at radius 1 is 1.44 bits per heavy atom.